The average Bonchev–Trinajstić information content (AvgIpc) is 3.83. The minimum Gasteiger partial charge on any atom is -0.452 e. The molecule has 0 bridgehead atoms. The summed E-state index contributed by atoms with van der Waals surface area (Å²) in [5.74, 6) is -0.240. The molecular formula is C35H35N5O5S2. The van der Waals surface area contributed by atoms with Crippen molar-refractivity contribution in [3.63, 3.8) is 0 Å². The Hall–Kier alpha value is -5.07. The van der Waals surface area contributed by atoms with E-state index in [1.165, 1.54) is 29.8 Å². The lowest BCUT2D eigenvalue weighted by Gasteiger charge is -2.36. The number of alkyl carbamates (subject to hydrolysis) is 1. The highest BCUT2D eigenvalue weighted by atomic mass is 32.1. The van der Waals surface area contributed by atoms with Crippen molar-refractivity contribution < 1.29 is 23.9 Å². The fourth-order valence-corrected chi connectivity index (χ4v) is 6.41. The van der Waals surface area contributed by atoms with Crippen molar-refractivity contribution in [1.82, 2.24) is 20.2 Å². The van der Waals surface area contributed by atoms with Crippen LogP contribution in [0.2, 0.25) is 0 Å². The fraction of sp³-hybridized carbons (Fsp3) is 0.229. The van der Waals surface area contributed by atoms with E-state index in [0.717, 1.165) is 16.0 Å². The van der Waals surface area contributed by atoms with E-state index in [0.29, 0.717) is 23.4 Å². The summed E-state index contributed by atoms with van der Waals surface area (Å²) in [5.41, 5.74) is 5.77. The largest absolute Gasteiger partial charge is 0.452 e. The molecule has 0 unspecified atom stereocenters. The molecule has 3 amide bonds. The van der Waals surface area contributed by atoms with Gasteiger partial charge in [-0.2, -0.15) is 0 Å². The number of ether oxygens (including phenoxy) is 2. The fourth-order valence-electron chi connectivity index (χ4n) is 5.21. The smallest absolute Gasteiger partial charge is 0.415 e. The van der Waals surface area contributed by atoms with Crippen LogP contribution in [0.15, 0.2) is 114 Å². The summed E-state index contributed by atoms with van der Waals surface area (Å²) in [4.78, 5) is 53.0. The second-order valence-corrected chi connectivity index (χ2v) is 12.5. The minimum atomic E-state index is -0.604. The van der Waals surface area contributed by atoms with E-state index >= 15 is 0 Å². The van der Waals surface area contributed by atoms with Gasteiger partial charge in [0.25, 0.3) is 5.91 Å². The van der Waals surface area contributed by atoms with Gasteiger partial charge < -0.3 is 19.7 Å². The lowest BCUT2D eigenvalue weighted by molar-refractivity contribution is 0.0716. The average molecular weight is 670 g/mol. The van der Waals surface area contributed by atoms with Crippen molar-refractivity contribution in [3.8, 4) is 0 Å². The van der Waals surface area contributed by atoms with Gasteiger partial charge in [-0.1, -0.05) is 78.9 Å². The number of carbonyl (C=O) groups is 3. The third-order valence-electron chi connectivity index (χ3n) is 7.36. The monoisotopic (exact) mass is 669 g/mol. The molecule has 3 aromatic carbocycles. The topological polar surface area (TPSA) is 114 Å². The Morgan fingerprint density at radius 1 is 0.787 bits per heavy atom. The number of benzene rings is 3. The van der Waals surface area contributed by atoms with Crippen LogP contribution in [0.5, 0.6) is 0 Å². The predicted octanol–water partition coefficient (Wildman–Crippen LogP) is 6.46. The summed E-state index contributed by atoms with van der Waals surface area (Å²) in [6.45, 7) is 0.364. The molecule has 0 saturated carbocycles. The molecule has 0 aliphatic heterocycles. The number of nitrogens with one attached hydrogen (secondary N) is 1. The normalized spacial score (nSPS) is 12.0. The van der Waals surface area contributed by atoms with Crippen molar-refractivity contribution in [3.05, 3.63) is 136 Å². The summed E-state index contributed by atoms with van der Waals surface area (Å²) >= 11 is 2.70. The van der Waals surface area contributed by atoms with Gasteiger partial charge in [-0.3, -0.25) is 19.7 Å². The summed E-state index contributed by atoms with van der Waals surface area (Å²) in [6.07, 6.45) is 2.97. The Balaban J connectivity index is 1.48. The molecule has 0 fully saturated rings. The second kappa shape index (κ2) is 17.0. The third-order valence-corrected chi connectivity index (χ3v) is 8.89. The van der Waals surface area contributed by atoms with E-state index in [-0.39, 0.29) is 25.6 Å². The van der Waals surface area contributed by atoms with Gasteiger partial charge in [-0.15, -0.1) is 22.7 Å². The molecule has 0 aliphatic carbocycles. The lowest BCUT2D eigenvalue weighted by Crippen LogP contribution is -2.53. The number of methoxy groups -OCH3 is 1. The Bertz CT molecular complexity index is 1670. The standard InChI is InChI=1S/C35H35N5O5S2/c1-44-35(43)40(32-20-37-25-47-32)30(18-27-13-7-3-8-14-27)22-39(33(41)28-15-9-4-10-16-28)21-29(17-26-11-5-2-6-12-26)38-34(42)45-23-31-19-36-24-46-31/h2-16,19-20,24-25,29-30H,17-18,21-23H2,1H3,(H,38,42)/t29-,30+/m1/s1. The highest BCUT2D eigenvalue weighted by Crippen LogP contribution is 2.26. The van der Waals surface area contributed by atoms with Crippen molar-refractivity contribution in [2.45, 2.75) is 31.5 Å². The van der Waals surface area contributed by atoms with Crippen LogP contribution in [0.4, 0.5) is 14.6 Å². The van der Waals surface area contributed by atoms with Crippen molar-refractivity contribution in [2.75, 3.05) is 25.1 Å². The number of anilines is 1. The molecule has 2 atom stereocenters. The van der Waals surface area contributed by atoms with E-state index < -0.39 is 24.3 Å². The minimum absolute atomic E-state index is 0.0866. The van der Waals surface area contributed by atoms with Gasteiger partial charge in [0, 0.05) is 24.8 Å². The first-order chi connectivity index (χ1) is 23.0. The second-order valence-electron chi connectivity index (χ2n) is 10.7. The number of nitrogens with zero attached hydrogens (tertiary/aromatic N) is 4. The van der Waals surface area contributed by atoms with E-state index in [1.54, 1.807) is 57.5 Å². The number of rotatable bonds is 14. The zero-order chi connectivity index (χ0) is 32.8. The van der Waals surface area contributed by atoms with E-state index in [2.05, 4.69) is 15.3 Å². The third kappa shape index (κ3) is 9.71. The summed E-state index contributed by atoms with van der Waals surface area (Å²) in [5, 5.41) is 3.59. The Kier molecular flexibility index (Phi) is 12.1. The SMILES string of the molecule is COC(=O)N(c1cncs1)[C@@H](Cc1ccccc1)CN(C[C@@H](Cc1ccccc1)NC(=O)OCc1cncs1)C(=O)c1ccccc1. The Morgan fingerprint density at radius 3 is 2.00 bits per heavy atom. The molecule has 1 N–H and O–H groups in total. The van der Waals surface area contributed by atoms with Crippen LogP contribution in [-0.4, -0.2) is 65.2 Å². The highest BCUT2D eigenvalue weighted by Gasteiger charge is 2.32. The number of amides is 3. The van der Waals surface area contributed by atoms with Gasteiger partial charge in [0.1, 0.15) is 11.6 Å². The number of hydrogen-bond acceptors (Lipinski definition) is 9. The first kappa shape index (κ1) is 33.3. The van der Waals surface area contributed by atoms with Crippen LogP contribution in [0.25, 0.3) is 0 Å². The van der Waals surface area contributed by atoms with Gasteiger partial charge in [-0.05, 0) is 36.1 Å². The molecule has 0 aliphatic rings. The Labute approximate surface area is 281 Å². The maximum Gasteiger partial charge on any atom is 0.415 e. The predicted molar refractivity (Wildman–Crippen MR) is 183 cm³/mol. The van der Waals surface area contributed by atoms with Crippen LogP contribution in [-0.2, 0) is 28.9 Å². The van der Waals surface area contributed by atoms with E-state index in [9.17, 15) is 14.4 Å². The Morgan fingerprint density at radius 2 is 1.40 bits per heavy atom. The molecule has 2 aromatic heterocycles. The quantitative estimate of drug-likeness (QED) is 0.144. The first-order valence-electron chi connectivity index (χ1n) is 15.0. The molecular weight excluding hydrogens is 635 g/mol. The van der Waals surface area contributed by atoms with Gasteiger partial charge in [-0.25, -0.2) is 9.59 Å². The molecule has 5 aromatic rings. The summed E-state index contributed by atoms with van der Waals surface area (Å²) in [7, 11) is 1.33. The van der Waals surface area contributed by atoms with Gasteiger partial charge in [0.2, 0.25) is 0 Å². The zero-order valence-corrected chi connectivity index (χ0v) is 27.4. The molecule has 0 spiro atoms. The molecule has 2 heterocycles. The van der Waals surface area contributed by atoms with Gasteiger partial charge in [0.15, 0.2) is 0 Å². The van der Waals surface area contributed by atoms with Gasteiger partial charge in [0.05, 0.1) is 41.3 Å². The molecule has 242 valence electrons. The maximum absolute atomic E-state index is 14.3. The number of aromatic nitrogens is 2. The van der Waals surface area contributed by atoms with E-state index in [1.807, 2.05) is 66.7 Å². The van der Waals surface area contributed by atoms with E-state index in [4.69, 9.17) is 9.47 Å². The van der Waals surface area contributed by atoms with Crippen LogP contribution in [0.1, 0.15) is 26.4 Å². The van der Waals surface area contributed by atoms with Crippen LogP contribution < -0.4 is 10.2 Å². The molecule has 0 saturated heterocycles. The molecule has 0 radical (unpaired) electrons. The van der Waals surface area contributed by atoms with Crippen LogP contribution in [0.3, 0.4) is 0 Å². The number of hydrogen-bond donors (Lipinski definition) is 1. The van der Waals surface area contributed by atoms with Crippen LogP contribution in [0, 0.1) is 0 Å². The van der Waals surface area contributed by atoms with Crippen LogP contribution >= 0.6 is 22.7 Å². The number of thiazole rings is 2. The molecule has 5 rings (SSSR count). The summed E-state index contributed by atoms with van der Waals surface area (Å²) in [6, 6.07) is 27.4. The van der Waals surface area contributed by atoms with Gasteiger partial charge >= 0.3 is 12.2 Å². The number of carbonyl (C=O) groups excluding carboxylic acids is 3. The molecule has 10 nitrogen and oxygen atoms in total. The first-order valence-corrected chi connectivity index (χ1v) is 16.7. The molecule has 47 heavy (non-hydrogen) atoms. The van der Waals surface area contributed by atoms with Crippen molar-refractivity contribution in [1.29, 1.82) is 0 Å². The zero-order valence-electron chi connectivity index (χ0n) is 25.8. The molecule has 12 heteroatoms. The van der Waals surface area contributed by atoms with Crippen molar-refractivity contribution in [2.24, 2.45) is 0 Å². The summed E-state index contributed by atoms with van der Waals surface area (Å²) < 4.78 is 10.8. The highest BCUT2D eigenvalue weighted by molar-refractivity contribution is 7.14. The van der Waals surface area contributed by atoms with Crippen molar-refractivity contribution >= 4 is 45.8 Å². The lowest BCUT2D eigenvalue weighted by atomic mass is 10.0. The maximum atomic E-state index is 14.3.